The lowest BCUT2D eigenvalue weighted by Crippen LogP contribution is -1.77. The molecular formula is C10H16. The lowest BCUT2D eigenvalue weighted by Gasteiger charge is -1.98. The molecule has 0 aliphatic rings. The van der Waals surface area contributed by atoms with Gasteiger partial charge < -0.3 is 0 Å². The molecule has 0 unspecified atom stereocenters. The molecule has 0 aromatic rings. The first-order chi connectivity index (χ1) is 4.70. The van der Waals surface area contributed by atoms with Gasteiger partial charge in [-0.1, -0.05) is 36.0 Å². The maximum absolute atomic E-state index is 3.64. The lowest BCUT2D eigenvalue weighted by molar-refractivity contribution is 1.10. The van der Waals surface area contributed by atoms with Crippen LogP contribution in [0.3, 0.4) is 0 Å². The first kappa shape index (κ1) is 9.22. The Morgan fingerprint density at radius 2 is 1.90 bits per heavy atom. The molecule has 10 heavy (non-hydrogen) atoms. The van der Waals surface area contributed by atoms with Crippen molar-refractivity contribution >= 4 is 0 Å². The third-order valence-electron chi connectivity index (χ3n) is 1.45. The van der Waals surface area contributed by atoms with Crippen LogP contribution >= 0.6 is 0 Å². The average Bonchev–Trinajstić information content (AvgIpc) is 1.88. The molecule has 0 fully saturated rings. The molecule has 0 aromatic carbocycles. The monoisotopic (exact) mass is 136 g/mol. The van der Waals surface area contributed by atoms with Crippen LogP contribution in [0.2, 0.25) is 0 Å². The Hall–Kier alpha value is -0.780. The van der Waals surface area contributed by atoms with Crippen molar-refractivity contribution in [3.05, 3.63) is 36.0 Å². The fourth-order valence-corrected chi connectivity index (χ4v) is 0.802. The van der Waals surface area contributed by atoms with E-state index >= 15 is 0 Å². The summed E-state index contributed by atoms with van der Waals surface area (Å²) in [5.41, 5.74) is 2.78. The van der Waals surface area contributed by atoms with Crippen LogP contribution < -0.4 is 0 Å². The summed E-state index contributed by atoms with van der Waals surface area (Å²) in [5.74, 6) is 0. The van der Waals surface area contributed by atoms with Crippen LogP contribution in [0.1, 0.15) is 27.2 Å². The second-order valence-electron chi connectivity index (χ2n) is 2.56. The van der Waals surface area contributed by atoms with Gasteiger partial charge in [0.15, 0.2) is 0 Å². The zero-order chi connectivity index (χ0) is 7.98. The first-order valence-electron chi connectivity index (χ1n) is 3.60. The van der Waals surface area contributed by atoms with Crippen molar-refractivity contribution < 1.29 is 0 Å². The van der Waals surface area contributed by atoms with Crippen molar-refractivity contribution in [3.8, 4) is 0 Å². The smallest absolute Gasteiger partial charge is 0.0111 e. The zero-order valence-corrected chi connectivity index (χ0v) is 7.15. The maximum atomic E-state index is 3.64. The van der Waals surface area contributed by atoms with E-state index in [0.29, 0.717) is 0 Å². The molecule has 0 saturated heterocycles. The Balaban J connectivity index is 3.90. The molecule has 0 aliphatic heterocycles. The largest absolute Gasteiger partial charge is 0.0991 e. The second-order valence-corrected chi connectivity index (χ2v) is 2.56. The molecule has 0 amide bonds. The fourth-order valence-electron chi connectivity index (χ4n) is 0.802. The van der Waals surface area contributed by atoms with E-state index in [9.17, 15) is 0 Å². The normalized spacial score (nSPS) is 13.5. The zero-order valence-electron chi connectivity index (χ0n) is 7.15. The van der Waals surface area contributed by atoms with Crippen molar-refractivity contribution in [1.29, 1.82) is 0 Å². The molecule has 0 radical (unpaired) electrons. The van der Waals surface area contributed by atoms with E-state index in [-0.39, 0.29) is 0 Å². The topological polar surface area (TPSA) is 0 Å². The van der Waals surface area contributed by atoms with Crippen molar-refractivity contribution in [2.75, 3.05) is 0 Å². The molecular weight excluding hydrogens is 120 g/mol. The summed E-state index contributed by atoms with van der Waals surface area (Å²) >= 11 is 0. The Morgan fingerprint density at radius 1 is 1.30 bits per heavy atom. The minimum atomic E-state index is 1.07. The Kier molecular flexibility index (Phi) is 4.65. The highest BCUT2D eigenvalue weighted by molar-refractivity contribution is 5.15. The van der Waals surface area contributed by atoms with Crippen LogP contribution in [-0.4, -0.2) is 0 Å². The molecule has 56 valence electrons. The third-order valence-corrected chi connectivity index (χ3v) is 1.45. The molecule has 0 heterocycles. The van der Waals surface area contributed by atoms with E-state index < -0.39 is 0 Å². The molecule has 0 nitrogen and oxygen atoms in total. The van der Waals surface area contributed by atoms with Gasteiger partial charge >= 0.3 is 0 Å². The second kappa shape index (κ2) is 5.04. The van der Waals surface area contributed by atoms with Crippen LogP contribution in [0.15, 0.2) is 36.0 Å². The lowest BCUT2D eigenvalue weighted by atomic mass is 10.1. The molecule has 0 rings (SSSR count). The van der Waals surface area contributed by atoms with Crippen LogP contribution in [-0.2, 0) is 0 Å². The maximum Gasteiger partial charge on any atom is -0.0111 e. The van der Waals surface area contributed by atoms with Crippen molar-refractivity contribution in [1.82, 2.24) is 0 Å². The van der Waals surface area contributed by atoms with E-state index in [4.69, 9.17) is 0 Å². The van der Waals surface area contributed by atoms with E-state index in [1.165, 1.54) is 11.1 Å². The van der Waals surface area contributed by atoms with Gasteiger partial charge in [0.1, 0.15) is 0 Å². The third kappa shape index (κ3) is 4.13. The van der Waals surface area contributed by atoms with E-state index in [1.807, 2.05) is 12.2 Å². The standard InChI is InChI=1S/C10H16/c1-5-7-10(4)8-9(3)6-2/h5-7H,1,8H2,2-4H3/b9-6+,10-7+. The Morgan fingerprint density at radius 3 is 2.30 bits per heavy atom. The number of rotatable bonds is 3. The molecule has 0 N–H and O–H groups in total. The highest BCUT2D eigenvalue weighted by Gasteiger charge is 1.88. The first-order valence-corrected chi connectivity index (χ1v) is 3.60. The molecule has 0 atom stereocenters. The minimum Gasteiger partial charge on any atom is -0.0991 e. The van der Waals surface area contributed by atoms with Crippen LogP contribution in [0.4, 0.5) is 0 Å². The summed E-state index contributed by atoms with van der Waals surface area (Å²) in [6, 6.07) is 0. The van der Waals surface area contributed by atoms with E-state index in [1.54, 1.807) is 0 Å². The minimum absolute atomic E-state index is 1.07. The number of hydrogen-bond donors (Lipinski definition) is 0. The molecule has 0 heteroatoms. The predicted molar refractivity (Wildman–Crippen MR) is 48.0 cm³/mol. The quantitative estimate of drug-likeness (QED) is 0.411. The summed E-state index contributed by atoms with van der Waals surface area (Å²) in [4.78, 5) is 0. The molecule has 0 saturated carbocycles. The van der Waals surface area contributed by atoms with E-state index in [0.717, 1.165) is 6.42 Å². The van der Waals surface area contributed by atoms with Crippen LogP contribution in [0.5, 0.6) is 0 Å². The SMILES string of the molecule is C=C/C=C(\C)C/C(C)=C/C. The van der Waals surface area contributed by atoms with Crippen molar-refractivity contribution in [2.24, 2.45) is 0 Å². The Labute approximate surface area is 64.0 Å². The van der Waals surface area contributed by atoms with Gasteiger partial charge in [-0.25, -0.2) is 0 Å². The summed E-state index contributed by atoms with van der Waals surface area (Å²) in [7, 11) is 0. The van der Waals surface area contributed by atoms with Gasteiger partial charge in [-0.3, -0.25) is 0 Å². The van der Waals surface area contributed by atoms with Gasteiger partial charge in [-0.15, -0.1) is 0 Å². The van der Waals surface area contributed by atoms with Gasteiger partial charge in [0.25, 0.3) is 0 Å². The number of allylic oxidation sites excluding steroid dienone is 5. The molecule has 0 bridgehead atoms. The average molecular weight is 136 g/mol. The van der Waals surface area contributed by atoms with Gasteiger partial charge in [0.05, 0.1) is 0 Å². The van der Waals surface area contributed by atoms with Crippen molar-refractivity contribution in [2.45, 2.75) is 27.2 Å². The number of hydrogen-bond acceptors (Lipinski definition) is 0. The summed E-state index contributed by atoms with van der Waals surface area (Å²) in [6.07, 6.45) is 7.09. The molecule has 0 aliphatic carbocycles. The molecule has 0 spiro atoms. The molecule has 0 aromatic heterocycles. The van der Waals surface area contributed by atoms with Crippen molar-refractivity contribution in [3.63, 3.8) is 0 Å². The van der Waals surface area contributed by atoms with Crippen LogP contribution in [0, 0.1) is 0 Å². The van der Waals surface area contributed by atoms with Crippen LogP contribution in [0.25, 0.3) is 0 Å². The summed E-state index contributed by atoms with van der Waals surface area (Å²) < 4.78 is 0. The highest BCUT2D eigenvalue weighted by atomic mass is 13.9. The predicted octanol–water partition coefficient (Wildman–Crippen LogP) is 3.48. The van der Waals surface area contributed by atoms with Gasteiger partial charge in [-0.2, -0.15) is 0 Å². The summed E-state index contributed by atoms with van der Waals surface area (Å²) in [5, 5.41) is 0. The van der Waals surface area contributed by atoms with Gasteiger partial charge in [-0.05, 0) is 27.2 Å². The fraction of sp³-hybridized carbons (Fsp3) is 0.400. The van der Waals surface area contributed by atoms with Gasteiger partial charge in [0, 0.05) is 0 Å². The highest BCUT2D eigenvalue weighted by Crippen LogP contribution is 2.08. The van der Waals surface area contributed by atoms with E-state index in [2.05, 4.69) is 33.4 Å². The Bertz CT molecular complexity index is 159. The van der Waals surface area contributed by atoms with Gasteiger partial charge in [0.2, 0.25) is 0 Å². The summed E-state index contributed by atoms with van der Waals surface area (Å²) in [6.45, 7) is 9.96.